The van der Waals surface area contributed by atoms with Crippen LogP contribution in [0.4, 0.5) is 0 Å². The number of fused-ring (bicyclic) bond motifs is 1. The largest absolute Gasteiger partial charge is 0.490 e. The summed E-state index contributed by atoms with van der Waals surface area (Å²) in [6.07, 6.45) is 1.05. The second-order valence-corrected chi connectivity index (χ2v) is 8.66. The number of nitrogens with zero attached hydrogens (tertiary/aromatic N) is 3. The molecule has 3 aromatic rings. The van der Waals surface area contributed by atoms with Gasteiger partial charge >= 0.3 is 10.3 Å². The molecule has 0 fully saturated rings. The third-order valence-electron chi connectivity index (χ3n) is 4.94. The van der Waals surface area contributed by atoms with Crippen molar-refractivity contribution in [2.24, 2.45) is 0 Å². The van der Waals surface area contributed by atoms with Gasteiger partial charge in [-0.3, -0.25) is 4.55 Å². The number of nitriles is 1. The smallest absolute Gasteiger partial charge is 0.333 e. The number of hydrogen-bond acceptors (Lipinski definition) is 7. The van der Waals surface area contributed by atoms with E-state index in [2.05, 4.69) is 20.9 Å². The first kappa shape index (κ1) is 21.0. The van der Waals surface area contributed by atoms with Gasteiger partial charge in [-0.1, -0.05) is 23.4 Å². The molecule has 1 aromatic heterocycles. The molecule has 0 saturated heterocycles. The van der Waals surface area contributed by atoms with Gasteiger partial charge in [0, 0.05) is 17.2 Å². The Hall–Kier alpha value is -3.26. The van der Waals surface area contributed by atoms with E-state index < -0.39 is 16.3 Å². The number of aromatic nitrogens is 2. The van der Waals surface area contributed by atoms with Crippen molar-refractivity contribution in [3.63, 3.8) is 0 Å². The zero-order chi connectivity index (χ0) is 22.2. The summed E-state index contributed by atoms with van der Waals surface area (Å²) in [6, 6.07) is 12.1. The molecule has 0 unspecified atom stereocenters. The average Bonchev–Trinajstić information content (AvgIpc) is 3.34. The molecule has 1 aliphatic rings. The molecule has 31 heavy (non-hydrogen) atoms. The standard InChI is InChI=1S/C21H20N4O5S/c1-12(2)29-19-9-6-13(10-14(19)11-22)21-23-20(24-30-21)17-5-3-4-16-15(17)7-8-18(16)25-31(26,27)28/h3-6,9-10,12,18,25H,7-8H2,1-2H3,(H,26,27,28)/t18-/m1/s1. The van der Waals surface area contributed by atoms with Crippen LogP contribution in [0, 0.1) is 11.3 Å². The van der Waals surface area contributed by atoms with Crippen LogP contribution >= 0.6 is 0 Å². The van der Waals surface area contributed by atoms with E-state index in [9.17, 15) is 13.7 Å². The molecule has 0 spiro atoms. The summed E-state index contributed by atoms with van der Waals surface area (Å²) in [5.41, 5.74) is 3.35. The molecule has 2 N–H and O–H groups in total. The molecule has 0 radical (unpaired) electrons. The molecule has 0 amide bonds. The molecule has 0 bridgehead atoms. The molecular weight excluding hydrogens is 420 g/mol. The highest BCUT2D eigenvalue weighted by Gasteiger charge is 2.29. The third-order valence-corrected chi connectivity index (χ3v) is 5.52. The Labute approximate surface area is 179 Å². The Balaban J connectivity index is 1.66. The van der Waals surface area contributed by atoms with E-state index >= 15 is 0 Å². The van der Waals surface area contributed by atoms with Crippen molar-refractivity contribution in [1.82, 2.24) is 14.9 Å². The molecule has 9 nitrogen and oxygen atoms in total. The van der Waals surface area contributed by atoms with Crippen molar-refractivity contribution in [1.29, 1.82) is 5.26 Å². The van der Waals surface area contributed by atoms with Crippen LogP contribution < -0.4 is 9.46 Å². The topological polar surface area (TPSA) is 138 Å². The molecule has 1 aliphatic carbocycles. The minimum absolute atomic E-state index is 0.0627. The van der Waals surface area contributed by atoms with Crippen LogP contribution in [0.2, 0.25) is 0 Å². The fourth-order valence-corrected chi connectivity index (χ4v) is 4.33. The van der Waals surface area contributed by atoms with Crippen molar-refractivity contribution in [3.05, 3.63) is 53.1 Å². The van der Waals surface area contributed by atoms with Gasteiger partial charge in [0.1, 0.15) is 11.8 Å². The molecule has 4 rings (SSSR count). The minimum atomic E-state index is -4.31. The highest BCUT2D eigenvalue weighted by Crippen LogP contribution is 2.37. The summed E-state index contributed by atoms with van der Waals surface area (Å²) in [6.45, 7) is 3.77. The van der Waals surface area contributed by atoms with Gasteiger partial charge in [0.25, 0.3) is 5.89 Å². The van der Waals surface area contributed by atoms with Gasteiger partial charge in [-0.2, -0.15) is 23.4 Å². The molecule has 10 heteroatoms. The minimum Gasteiger partial charge on any atom is -0.490 e. The fraction of sp³-hybridized carbons (Fsp3) is 0.286. The lowest BCUT2D eigenvalue weighted by molar-refractivity contribution is 0.241. The predicted octanol–water partition coefficient (Wildman–Crippen LogP) is 3.44. The first-order valence-electron chi connectivity index (χ1n) is 9.67. The van der Waals surface area contributed by atoms with Crippen LogP contribution in [0.1, 0.15) is 43.0 Å². The van der Waals surface area contributed by atoms with Gasteiger partial charge in [-0.25, -0.2) is 0 Å². The van der Waals surface area contributed by atoms with E-state index in [0.29, 0.717) is 35.5 Å². The Bertz CT molecular complexity index is 1280. The lowest BCUT2D eigenvalue weighted by Gasteiger charge is -2.11. The van der Waals surface area contributed by atoms with Gasteiger partial charge in [-0.05, 0) is 56.0 Å². The van der Waals surface area contributed by atoms with E-state index in [1.54, 1.807) is 24.3 Å². The summed E-state index contributed by atoms with van der Waals surface area (Å²) in [5.74, 6) is 1.10. The van der Waals surface area contributed by atoms with Gasteiger partial charge in [0.15, 0.2) is 0 Å². The maximum atomic E-state index is 11.2. The SMILES string of the molecule is CC(C)Oc1ccc(-c2nc(-c3cccc4c3CC[C@H]4NS(=O)(=O)O)no2)cc1C#N. The maximum absolute atomic E-state index is 11.2. The third kappa shape index (κ3) is 4.44. The number of nitrogens with one attached hydrogen (secondary N) is 1. The van der Waals surface area contributed by atoms with Crippen molar-refractivity contribution < 1.29 is 22.2 Å². The lowest BCUT2D eigenvalue weighted by atomic mass is 10.0. The van der Waals surface area contributed by atoms with Crippen LogP contribution in [-0.4, -0.2) is 29.2 Å². The molecule has 1 atom stereocenters. The van der Waals surface area contributed by atoms with E-state index in [-0.39, 0.29) is 12.0 Å². The van der Waals surface area contributed by atoms with Gasteiger partial charge in [-0.15, -0.1) is 0 Å². The van der Waals surface area contributed by atoms with Crippen LogP contribution in [0.25, 0.3) is 22.8 Å². The van der Waals surface area contributed by atoms with Crippen LogP contribution in [-0.2, 0) is 16.7 Å². The summed E-state index contributed by atoms with van der Waals surface area (Å²) in [4.78, 5) is 4.48. The summed E-state index contributed by atoms with van der Waals surface area (Å²) >= 11 is 0. The van der Waals surface area contributed by atoms with E-state index in [4.69, 9.17) is 13.8 Å². The van der Waals surface area contributed by atoms with Gasteiger partial charge in [0.05, 0.1) is 11.7 Å². The van der Waals surface area contributed by atoms with E-state index in [1.165, 1.54) is 0 Å². The Morgan fingerprint density at radius 2 is 2.13 bits per heavy atom. The average molecular weight is 440 g/mol. The van der Waals surface area contributed by atoms with Crippen LogP contribution in [0.15, 0.2) is 40.9 Å². The van der Waals surface area contributed by atoms with Crippen LogP contribution in [0.5, 0.6) is 5.75 Å². The normalized spacial score (nSPS) is 15.6. The molecule has 1 heterocycles. The first-order valence-corrected chi connectivity index (χ1v) is 11.1. The summed E-state index contributed by atoms with van der Waals surface area (Å²) < 4.78 is 44.9. The number of hydrogen-bond donors (Lipinski definition) is 2. The molecule has 0 aliphatic heterocycles. The monoisotopic (exact) mass is 440 g/mol. The number of benzene rings is 2. The van der Waals surface area contributed by atoms with Gasteiger partial charge in [0.2, 0.25) is 5.82 Å². The van der Waals surface area contributed by atoms with Gasteiger partial charge < -0.3 is 9.26 Å². The van der Waals surface area contributed by atoms with Crippen molar-refractivity contribution in [2.75, 3.05) is 0 Å². The molecule has 2 aromatic carbocycles. The van der Waals surface area contributed by atoms with Crippen LogP contribution in [0.3, 0.4) is 0 Å². The zero-order valence-electron chi connectivity index (χ0n) is 16.9. The molecule has 0 saturated carbocycles. The fourth-order valence-electron chi connectivity index (χ4n) is 3.72. The zero-order valence-corrected chi connectivity index (χ0v) is 17.7. The van der Waals surface area contributed by atoms with E-state index in [1.807, 2.05) is 26.0 Å². The summed E-state index contributed by atoms with van der Waals surface area (Å²) in [7, 11) is -4.31. The van der Waals surface area contributed by atoms with Crippen molar-refractivity contribution in [3.8, 4) is 34.7 Å². The highest BCUT2D eigenvalue weighted by atomic mass is 32.2. The highest BCUT2D eigenvalue weighted by molar-refractivity contribution is 7.83. The quantitative estimate of drug-likeness (QED) is 0.556. The Morgan fingerprint density at radius 1 is 1.32 bits per heavy atom. The maximum Gasteiger partial charge on any atom is 0.333 e. The molecule has 160 valence electrons. The van der Waals surface area contributed by atoms with Crippen molar-refractivity contribution in [2.45, 2.75) is 38.8 Å². The second kappa shape index (κ2) is 8.11. The van der Waals surface area contributed by atoms with E-state index in [0.717, 1.165) is 16.7 Å². The lowest BCUT2D eigenvalue weighted by Crippen LogP contribution is -2.26. The molecular formula is C21H20N4O5S. The second-order valence-electron chi connectivity index (χ2n) is 7.47. The first-order chi connectivity index (χ1) is 14.7. The Morgan fingerprint density at radius 3 is 2.84 bits per heavy atom. The Kier molecular flexibility index (Phi) is 5.49. The predicted molar refractivity (Wildman–Crippen MR) is 111 cm³/mol. The number of ether oxygens (including phenoxy) is 1. The summed E-state index contributed by atoms with van der Waals surface area (Å²) in [5, 5.41) is 13.5. The van der Waals surface area contributed by atoms with Crippen molar-refractivity contribution >= 4 is 10.3 Å². The number of rotatable bonds is 6.